The molecular formula is C39H50FN9O4. The number of carbonyl (C=O) groups excluding carboxylic acids is 2. The highest BCUT2D eigenvalue weighted by Crippen LogP contribution is 2.37. The standard InChI is InChI=1S/C39H50FN9O4/c1-24-31(22-45-37-36(24)42-10-16-52-37)30-17-25-19-34(44-21-26(25)18-32(30)40)46-33(41)20-27-5-15-49(35(50)23-43-27)29-8-11-47(12-9-29)28-6-13-48(14-7-28)38(51)53-39(2,3)4/h17-22,28-29,42-43H,5-16,23H2,1-4H3,(H2,41,44,46)/b27-20-. The minimum atomic E-state index is -0.492. The molecule has 0 unspecified atom stereocenters. The van der Waals surface area contributed by atoms with E-state index in [2.05, 4.69) is 30.5 Å². The quantitative estimate of drug-likeness (QED) is 0.239. The number of hydrogen-bond acceptors (Lipinski definition) is 10. The zero-order valence-electron chi connectivity index (χ0n) is 31.1. The predicted molar refractivity (Wildman–Crippen MR) is 203 cm³/mol. The van der Waals surface area contributed by atoms with Crippen LogP contribution in [-0.4, -0.2) is 113 Å². The van der Waals surface area contributed by atoms with Crippen molar-refractivity contribution in [2.75, 3.05) is 57.7 Å². The Hall–Kier alpha value is -4.98. The highest BCUT2D eigenvalue weighted by atomic mass is 19.1. The smallest absolute Gasteiger partial charge is 0.410 e. The van der Waals surface area contributed by atoms with Crippen molar-refractivity contribution in [2.45, 2.75) is 77.5 Å². The molecule has 4 aliphatic heterocycles. The molecule has 13 nitrogen and oxygen atoms in total. The fraction of sp³-hybridized carbons (Fsp3) is 0.513. The van der Waals surface area contributed by atoms with Crippen LogP contribution in [0.2, 0.25) is 0 Å². The van der Waals surface area contributed by atoms with Gasteiger partial charge in [0.15, 0.2) is 5.82 Å². The van der Waals surface area contributed by atoms with Gasteiger partial charge in [-0.05, 0) is 88.6 Å². The van der Waals surface area contributed by atoms with Crippen LogP contribution < -0.4 is 21.1 Å². The van der Waals surface area contributed by atoms with E-state index < -0.39 is 5.60 Å². The lowest BCUT2D eigenvalue weighted by atomic mass is 9.97. The van der Waals surface area contributed by atoms with Crippen molar-refractivity contribution in [1.82, 2.24) is 30.0 Å². The van der Waals surface area contributed by atoms with Gasteiger partial charge >= 0.3 is 6.09 Å². The van der Waals surface area contributed by atoms with Crippen molar-refractivity contribution >= 4 is 40.1 Å². The molecular weight excluding hydrogens is 677 g/mol. The number of fused-ring (bicyclic) bond motifs is 2. The fourth-order valence-electron chi connectivity index (χ4n) is 7.81. The van der Waals surface area contributed by atoms with Gasteiger partial charge < -0.3 is 40.5 Å². The number of anilines is 1. The number of amides is 2. The van der Waals surface area contributed by atoms with Gasteiger partial charge in [-0.1, -0.05) is 0 Å². The summed E-state index contributed by atoms with van der Waals surface area (Å²) >= 11 is 0. The van der Waals surface area contributed by atoms with E-state index in [1.807, 2.05) is 37.5 Å². The van der Waals surface area contributed by atoms with Gasteiger partial charge in [0.25, 0.3) is 0 Å². The van der Waals surface area contributed by atoms with Crippen molar-refractivity contribution < 1.29 is 23.5 Å². The zero-order valence-corrected chi connectivity index (χ0v) is 31.1. The molecule has 53 heavy (non-hydrogen) atoms. The number of aliphatic imine (C=N–C) groups is 1. The molecule has 3 saturated heterocycles. The maximum absolute atomic E-state index is 15.3. The SMILES string of the molecule is Cc1c(-c2cc3cc(/N=C(N)/C=C4/CCN(C5CCN(C6CCN(C(=O)OC(C)(C)C)CC6)CC5)C(=O)CN4)ncc3cc2F)cnc2c1NCCO2. The largest absolute Gasteiger partial charge is 0.474 e. The van der Waals surface area contributed by atoms with Crippen LogP contribution in [0.4, 0.5) is 20.7 Å². The van der Waals surface area contributed by atoms with Gasteiger partial charge in [0.05, 0.1) is 6.54 Å². The van der Waals surface area contributed by atoms with E-state index >= 15 is 4.39 Å². The zero-order chi connectivity index (χ0) is 37.3. The number of likely N-dealkylation sites (tertiary alicyclic amines) is 2. The first kappa shape index (κ1) is 36.4. The molecule has 14 heteroatoms. The number of rotatable bonds is 5. The number of ether oxygens (including phenoxy) is 2. The van der Waals surface area contributed by atoms with Crippen LogP contribution in [0.1, 0.15) is 58.4 Å². The maximum Gasteiger partial charge on any atom is 0.410 e. The molecule has 2 aromatic heterocycles. The van der Waals surface area contributed by atoms with E-state index in [0.29, 0.717) is 73.5 Å². The van der Waals surface area contributed by atoms with Gasteiger partial charge in [0.2, 0.25) is 11.8 Å². The summed E-state index contributed by atoms with van der Waals surface area (Å²) in [6, 6.07) is 5.67. The summed E-state index contributed by atoms with van der Waals surface area (Å²) in [5.41, 5.74) is 9.49. The molecule has 2 amide bonds. The number of carbonyl (C=O) groups is 2. The predicted octanol–water partition coefficient (Wildman–Crippen LogP) is 5.11. The van der Waals surface area contributed by atoms with Gasteiger partial charge in [0, 0.05) is 92.4 Å². The van der Waals surface area contributed by atoms with E-state index in [1.54, 1.807) is 30.6 Å². The van der Waals surface area contributed by atoms with E-state index in [9.17, 15) is 9.59 Å². The highest BCUT2D eigenvalue weighted by molar-refractivity contribution is 5.95. The topological polar surface area (TPSA) is 151 Å². The fourth-order valence-corrected chi connectivity index (χ4v) is 7.81. The Bertz CT molecular complexity index is 1930. The second-order valence-corrected chi connectivity index (χ2v) is 15.3. The average molecular weight is 728 g/mol. The minimum Gasteiger partial charge on any atom is -0.474 e. The molecule has 0 radical (unpaired) electrons. The lowest BCUT2D eigenvalue weighted by Gasteiger charge is -2.43. The van der Waals surface area contributed by atoms with Crippen LogP contribution in [0.15, 0.2) is 47.4 Å². The van der Waals surface area contributed by atoms with Crippen molar-refractivity contribution in [3.05, 3.63) is 53.7 Å². The van der Waals surface area contributed by atoms with Gasteiger partial charge in [-0.25, -0.2) is 24.1 Å². The third-order valence-electron chi connectivity index (χ3n) is 10.6. The van der Waals surface area contributed by atoms with Crippen LogP contribution in [-0.2, 0) is 9.53 Å². The monoisotopic (exact) mass is 727 g/mol. The number of piperidine rings is 2. The first-order chi connectivity index (χ1) is 25.4. The summed E-state index contributed by atoms with van der Waals surface area (Å²) in [5, 5.41) is 7.99. The minimum absolute atomic E-state index is 0.0833. The molecule has 282 valence electrons. The summed E-state index contributed by atoms with van der Waals surface area (Å²) in [6.45, 7) is 12.9. The third kappa shape index (κ3) is 8.32. The van der Waals surface area contributed by atoms with Crippen molar-refractivity contribution in [3.63, 3.8) is 0 Å². The summed E-state index contributed by atoms with van der Waals surface area (Å²) < 4.78 is 26.6. The number of pyridine rings is 2. The third-order valence-corrected chi connectivity index (χ3v) is 10.6. The van der Waals surface area contributed by atoms with E-state index in [0.717, 1.165) is 61.1 Å². The normalized spacial score (nSPS) is 20.4. The van der Waals surface area contributed by atoms with Crippen LogP contribution in [0.5, 0.6) is 5.88 Å². The summed E-state index contributed by atoms with van der Waals surface area (Å²) in [6.07, 6.45) is 9.12. The molecule has 4 aliphatic rings. The summed E-state index contributed by atoms with van der Waals surface area (Å²) in [7, 11) is 0. The second-order valence-electron chi connectivity index (χ2n) is 15.3. The van der Waals surface area contributed by atoms with Gasteiger partial charge in [-0.2, -0.15) is 0 Å². The number of aromatic nitrogens is 2. The Morgan fingerprint density at radius 1 is 1.00 bits per heavy atom. The molecule has 3 aromatic rings. The molecule has 7 rings (SSSR count). The van der Waals surface area contributed by atoms with Crippen molar-refractivity contribution in [3.8, 4) is 17.0 Å². The molecule has 4 N–H and O–H groups in total. The number of halogens is 1. The number of nitrogens with zero attached hydrogens (tertiary/aromatic N) is 6. The number of amidine groups is 1. The lowest BCUT2D eigenvalue weighted by molar-refractivity contribution is -0.133. The number of nitrogens with two attached hydrogens (primary N) is 1. The summed E-state index contributed by atoms with van der Waals surface area (Å²) in [5.74, 6) is 0.895. The molecule has 0 aliphatic carbocycles. The molecule has 0 spiro atoms. The molecule has 0 saturated carbocycles. The Kier molecular flexibility index (Phi) is 10.4. The van der Waals surface area contributed by atoms with Crippen LogP contribution >= 0.6 is 0 Å². The Labute approximate surface area is 309 Å². The molecule has 1 aromatic carbocycles. The van der Waals surface area contributed by atoms with Crippen LogP contribution in [0.25, 0.3) is 21.9 Å². The van der Waals surface area contributed by atoms with E-state index in [1.165, 1.54) is 6.07 Å². The molecule has 6 heterocycles. The van der Waals surface area contributed by atoms with Gasteiger partial charge in [-0.3, -0.25) is 4.79 Å². The summed E-state index contributed by atoms with van der Waals surface area (Å²) in [4.78, 5) is 45.5. The van der Waals surface area contributed by atoms with Gasteiger partial charge in [-0.15, -0.1) is 0 Å². The van der Waals surface area contributed by atoms with Crippen LogP contribution in [0.3, 0.4) is 0 Å². The van der Waals surface area contributed by atoms with Crippen molar-refractivity contribution in [1.29, 1.82) is 0 Å². The second kappa shape index (κ2) is 15.2. The van der Waals surface area contributed by atoms with E-state index in [-0.39, 0.29) is 36.2 Å². The first-order valence-corrected chi connectivity index (χ1v) is 18.7. The Morgan fingerprint density at radius 2 is 1.75 bits per heavy atom. The molecule has 0 bridgehead atoms. The molecule has 3 fully saturated rings. The van der Waals surface area contributed by atoms with Crippen molar-refractivity contribution in [2.24, 2.45) is 10.7 Å². The lowest BCUT2D eigenvalue weighted by Crippen LogP contribution is -2.53. The van der Waals surface area contributed by atoms with Crippen LogP contribution in [0, 0.1) is 12.7 Å². The van der Waals surface area contributed by atoms with E-state index in [4.69, 9.17) is 15.2 Å². The number of nitrogens with one attached hydrogen (secondary N) is 2. The Balaban J connectivity index is 0.958. The molecule has 0 atom stereocenters. The highest BCUT2D eigenvalue weighted by Gasteiger charge is 2.34. The number of benzene rings is 1. The first-order valence-electron chi connectivity index (χ1n) is 18.7. The average Bonchev–Trinajstić information content (AvgIpc) is 3.32. The Morgan fingerprint density at radius 3 is 2.51 bits per heavy atom. The van der Waals surface area contributed by atoms with Gasteiger partial charge in [0.1, 0.15) is 29.5 Å². The number of hydrogen-bond donors (Lipinski definition) is 3. The maximum atomic E-state index is 15.3.